The lowest BCUT2D eigenvalue weighted by atomic mass is 9.99. The van der Waals surface area contributed by atoms with Gasteiger partial charge < -0.3 is 10.4 Å². The fourth-order valence-electron chi connectivity index (χ4n) is 2.74. The Balaban J connectivity index is 1.93. The molecule has 1 aliphatic carbocycles. The molecule has 0 aromatic heterocycles. The molecule has 1 aromatic rings. The molecule has 2 nitrogen and oxygen atoms in total. The van der Waals surface area contributed by atoms with Crippen LogP contribution in [0, 0.1) is 6.92 Å². The Kier molecular flexibility index (Phi) is 3.85. The molecule has 1 aromatic carbocycles. The van der Waals surface area contributed by atoms with E-state index in [1.54, 1.807) is 0 Å². The zero-order valence-corrected chi connectivity index (χ0v) is 10.9. The fourth-order valence-corrected chi connectivity index (χ4v) is 2.74. The molecule has 0 aliphatic heterocycles. The van der Waals surface area contributed by atoms with Gasteiger partial charge in [0, 0.05) is 12.6 Å². The maximum Gasteiger partial charge on any atom is 0.0771 e. The number of rotatable bonds is 4. The molecule has 0 radical (unpaired) electrons. The second-order valence-corrected chi connectivity index (χ2v) is 5.39. The van der Waals surface area contributed by atoms with Crippen LogP contribution in [0.3, 0.4) is 0 Å². The van der Waals surface area contributed by atoms with Crippen LogP contribution in [0.25, 0.3) is 0 Å². The summed E-state index contributed by atoms with van der Waals surface area (Å²) in [5.41, 5.74) is 2.18. The van der Waals surface area contributed by atoms with Gasteiger partial charge in [-0.05, 0) is 37.8 Å². The first kappa shape index (κ1) is 12.6. The molecular weight excluding hydrogens is 210 g/mol. The highest BCUT2D eigenvalue weighted by atomic mass is 16.3. The van der Waals surface area contributed by atoms with Crippen molar-refractivity contribution in [2.24, 2.45) is 0 Å². The van der Waals surface area contributed by atoms with E-state index in [0.717, 1.165) is 25.7 Å². The van der Waals surface area contributed by atoms with Crippen LogP contribution < -0.4 is 5.32 Å². The highest BCUT2D eigenvalue weighted by molar-refractivity contribution is 5.28. The molecular formula is C15H23NO. The molecule has 0 spiro atoms. The molecule has 0 saturated heterocycles. The molecule has 1 atom stereocenters. The van der Waals surface area contributed by atoms with Gasteiger partial charge in [-0.1, -0.05) is 37.1 Å². The molecule has 2 heteroatoms. The van der Waals surface area contributed by atoms with E-state index in [9.17, 15) is 5.11 Å². The van der Waals surface area contributed by atoms with Crippen molar-refractivity contribution in [2.75, 3.05) is 6.54 Å². The third-order valence-corrected chi connectivity index (χ3v) is 3.93. The van der Waals surface area contributed by atoms with Crippen molar-refractivity contribution in [1.29, 1.82) is 0 Å². The fraction of sp³-hybridized carbons (Fsp3) is 0.600. The predicted molar refractivity (Wildman–Crippen MR) is 71.0 cm³/mol. The first-order valence-corrected chi connectivity index (χ1v) is 6.62. The van der Waals surface area contributed by atoms with Crippen molar-refractivity contribution >= 4 is 0 Å². The van der Waals surface area contributed by atoms with E-state index >= 15 is 0 Å². The van der Waals surface area contributed by atoms with Crippen LogP contribution in [0.5, 0.6) is 0 Å². The summed E-state index contributed by atoms with van der Waals surface area (Å²) >= 11 is 0. The third kappa shape index (κ3) is 3.08. The standard InChI is InChI=1S/C15H23NO/c1-12-7-3-4-8-14(12)13(2)16-11-15(17)9-5-6-10-15/h3-4,7-8,13,16-17H,5-6,9-11H2,1-2H3/t13-/m1/s1. The van der Waals surface area contributed by atoms with Crippen LogP contribution >= 0.6 is 0 Å². The number of nitrogens with one attached hydrogen (secondary N) is 1. The highest BCUT2D eigenvalue weighted by Crippen LogP contribution is 2.29. The number of benzene rings is 1. The van der Waals surface area contributed by atoms with E-state index in [-0.39, 0.29) is 0 Å². The molecule has 0 bridgehead atoms. The van der Waals surface area contributed by atoms with Crippen LogP contribution in [0.2, 0.25) is 0 Å². The molecule has 17 heavy (non-hydrogen) atoms. The second kappa shape index (κ2) is 5.19. The summed E-state index contributed by atoms with van der Waals surface area (Å²) in [6, 6.07) is 8.74. The summed E-state index contributed by atoms with van der Waals surface area (Å²) in [5.74, 6) is 0. The first-order valence-electron chi connectivity index (χ1n) is 6.62. The predicted octanol–water partition coefficient (Wildman–Crippen LogP) is 2.95. The maximum absolute atomic E-state index is 10.3. The lowest BCUT2D eigenvalue weighted by Gasteiger charge is -2.26. The molecule has 1 saturated carbocycles. The van der Waals surface area contributed by atoms with Gasteiger partial charge in [0.05, 0.1) is 5.60 Å². The van der Waals surface area contributed by atoms with Gasteiger partial charge in [0.25, 0.3) is 0 Å². The third-order valence-electron chi connectivity index (χ3n) is 3.93. The summed E-state index contributed by atoms with van der Waals surface area (Å²) in [6.45, 7) is 5.01. The Morgan fingerprint density at radius 3 is 2.59 bits per heavy atom. The van der Waals surface area contributed by atoms with Gasteiger partial charge in [-0.3, -0.25) is 0 Å². The van der Waals surface area contributed by atoms with Gasteiger partial charge in [0.1, 0.15) is 0 Å². The summed E-state index contributed by atoms with van der Waals surface area (Å²) in [4.78, 5) is 0. The average molecular weight is 233 g/mol. The van der Waals surface area contributed by atoms with Gasteiger partial charge in [-0.15, -0.1) is 0 Å². The van der Waals surface area contributed by atoms with Gasteiger partial charge in [0.15, 0.2) is 0 Å². The van der Waals surface area contributed by atoms with Crippen molar-refractivity contribution in [3.05, 3.63) is 35.4 Å². The molecule has 2 N–H and O–H groups in total. The van der Waals surface area contributed by atoms with Crippen LogP contribution in [0.4, 0.5) is 0 Å². The minimum atomic E-state index is -0.461. The van der Waals surface area contributed by atoms with Crippen molar-refractivity contribution in [1.82, 2.24) is 5.32 Å². The molecule has 0 unspecified atom stereocenters. The van der Waals surface area contributed by atoms with Gasteiger partial charge in [-0.25, -0.2) is 0 Å². The van der Waals surface area contributed by atoms with E-state index in [1.165, 1.54) is 11.1 Å². The van der Waals surface area contributed by atoms with Crippen LogP contribution in [0.1, 0.15) is 49.8 Å². The summed E-state index contributed by atoms with van der Waals surface area (Å²) in [5, 5.41) is 13.8. The van der Waals surface area contributed by atoms with Gasteiger partial charge in [-0.2, -0.15) is 0 Å². The highest BCUT2D eigenvalue weighted by Gasteiger charge is 2.31. The number of hydrogen-bond acceptors (Lipinski definition) is 2. The van der Waals surface area contributed by atoms with Crippen molar-refractivity contribution in [2.45, 2.75) is 51.2 Å². The Labute approximate surface area is 104 Å². The average Bonchev–Trinajstić information content (AvgIpc) is 2.74. The van der Waals surface area contributed by atoms with E-state index in [0.29, 0.717) is 12.6 Å². The number of hydrogen-bond donors (Lipinski definition) is 2. The Bertz CT molecular complexity index is 369. The number of aryl methyl sites for hydroxylation is 1. The van der Waals surface area contributed by atoms with E-state index in [4.69, 9.17) is 0 Å². The van der Waals surface area contributed by atoms with Crippen LogP contribution in [0.15, 0.2) is 24.3 Å². The Hall–Kier alpha value is -0.860. The zero-order valence-electron chi connectivity index (χ0n) is 10.9. The first-order chi connectivity index (χ1) is 8.11. The smallest absolute Gasteiger partial charge is 0.0771 e. The summed E-state index contributed by atoms with van der Waals surface area (Å²) < 4.78 is 0. The summed E-state index contributed by atoms with van der Waals surface area (Å²) in [7, 11) is 0. The van der Waals surface area contributed by atoms with E-state index in [1.807, 2.05) is 0 Å². The van der Waals surface area contributed by atoms with Crippen LogP contribution in [-0.2, 0) is 0 Å². The lowest BCUT2D eigenvalue weighted by molar-refractivity contribution is 0.0453. The quantitative estimate of drug-likeness (QED) is 0.838. The number of aliphatic hydroxyl groups is 1. The normalized spacial score (nSPS) is 20.4. The minimum absolute atomic E-state index is 0.306. The topological polar surface area (TPSA) is 32.3 Å². The Morgan fingerprint density at radius 1 is 1.29 bits per heavy atom. The van der Waals surface area contributed by atoms with Crippen molar-refractivity contribution in [3.8, 4) is 0 Å². The summed E-state index contributed by atoms with van der Waals surface area (Å²) in [6.07, 6.45) is 4.22. The SMILES string of the molecule is Cc1ccccc1[C@@H](C)NCC1(O)CCCC1. The minimum Gasteiger partial charge on any atom is -0.389 e. The largest absolute Gasteiger partial charge is 0.389 e. The lowest BCUT2D eigenvalue weighted by Crippen LogP contribution is -2.39. The van der Waals surface area contributed by atoms with Crippen LogP contribution in [-0.4, -0.2) is 17.3 Å². The second-order valence-electron chi connectivity index (χ2n) is 5.39. The Morgan fingerprint density at radius 2 is 1.94 bits per heavy atom. The monoisotopic (exact) mass is 233 g/mol. The van der Waals surface area contributed by atoms with Crippen molar-refractivity contribution in [3.63, 3.8) is 0 Å². The van der Waals surface area contributed by atoms with E-state index < -0.39 is 5.60 Å². The maximum atomic E-state index is 10.3. The van der Waals surface area contributed by atoms with Gasteiger partial charge in [0.2, 0.25) is 0 Å². The molecule has 94 valence electrons. The molecule has 0 amide bonds. The van der Waals surface area contributed by atoms with Crippen molar-refractivity contribution < 1.29 is 5.11 Å². The molecule has 0 heterocycles. The van der Waals surface area contributed by atoms with E-state index in [2.05, 4.69) is 43.4 Å². The molecule has 1 fully saturated rings. The molecule has 2 rings (SSSR count). The molecule has 1 aliphatic rings. The zero-order chi connectivity index (χ0) is 12.3. The van der Waals surface area contributed by atoms with Gasteiger partial charge >= 0.3 is 0 Å².